The van der Waals surface area contributed by atoms with E-state index in [9.17, 15) is 4.39 Å². The first-order valence-corrected chi connectivity index (χ1v) is 5.84. The third kappa shape index (κ3) is 5.82. The molecule has 4 heteroatoms. The first-order valence-electron chi connectivity index (χ1n) is 5.46. The normalized spacial score (nSPS) is 10.5. The van der Waals surface area contributed by atoms with Gasteiger partial charge in [0.2, 0.25) is 0 Å². The predicted octanol–water partition coefficient (Wildman–Crippen LogP) is 3.16. The Bertz CT molecular complexity index is 382. The lowest BCUT2D eigenvalue weighted by Gasteiger charge is -2.07. The Balaban J connectivity index is 2.22. The average molecular weight is 258 g/mol. The van der Waals surface area contributed by atoms with Crippen molar-refractivity contribution in [1.82, 2.24) is 5.32 Å². The van der Waals surface area contributed by atoms with E-state index < -0.39 is 0 Å². The molecular formula is C13H17ClFNO. The van der Waals surface area contributed by atoms with Gasteiger partial charge in [0.1, 0.15) is 5.82 Å². The molecule has 0 unspecified atom stereocenters. The fourth-order valence-electron chi connectivity index (χ4n) is 1.29. The highest BCUT2D eigenvalue weighted by atomic mass is 35.5. The maximum Gasteiger partial charge on any atom is 0.123 e. The summed E-state index contributed by atoms with van der Waals surface area (Å²) in [6.07, 6.45) is 0. The fourth-order valence-corrected chi connectivity index (χ4v) is 1.48. The molecule has 0 aliphatic carbocycles. The van der Waals surface area contributed by atoms with Crippen LogP contribution in [0.3, 0.4) is 0 Å². The number of hydrogen-bond donors (Lipinski definition) is 1. The number of benzene rings is 1. The Kier molecular flexibility index (Phi) is 6.19. The summed E-state index contributed by atoms with van der Waals surface area (Å²) in [5.74, 6) is -0.273. The maximum atomic E-state index is 12.9. The van der Waals surface area contributed by atoms with Gasteiger partial charge in [-0.2, -0.15) is 0 Å². The molecule has 0 atom stereocenters. The quantitative estimate of drug-likeness (QED) is 0.598. The van der Waals surface area contributed by atoms with Crippen molar-refractivity contribution in [2.45, 2.75) is 13.5 Å². The topological polar surface area (TPSA) is 21.3 Å². The van der Waals surface area contributed by atoms with E-state index in [-0.39, 0.29) is 5.82 Å². The standard InChI is InChI=1S/C13H17ClFNO/c1-10(2)9-17-6-5-16-8-11-7-12(15)3-4-13(11)14/h3-4,7,16H,1,5-6,8-9H2,2H3. The Morgan fingerprint density at radius 2 is 2.29 bits per heavy atom. The van der Waals surface area contributed by atoms with Crippen LogP contribution in [-0.4, -0.2) is 19.8 Å². The number of nitrogens with one attached hydrogen (secondary N) is 1. The maximum absolute atomic E-state index is 12.9. The van der Waals surface area contributed by atoms with Crippen LogP contribution >= 0.6 is 11.6 Å². The molecule has 0 spiro atoms. The lowest BCUT2D eigenvalue weighted by atomic mass is 10.2. The van der Waals surface area contributed by atoms with Crippen LogP contribution in [0.15, 0.2) is 30.4 Å². The van der Waals surface area contributed by atoms with Gasteiger partial charge in [-0.05, 0) is 30.7 Å². The van der Waals surface area contributed by atoms with Gasteiger partial charge in [-0.3, -0.25) is 0 Å². The molecule has 1 aromatic carbocycles. The third-order valence-electron chi connectivity index (χ3n) is 2.09. The van der Waals surface area contributed by atoms with E-state index in [0.717, 1.165) is 11.1 Å². The van der Waals surface area contributed by atoms with E-state index in [1.807, 2.05) is 6.92 Å². The van der Waals surface area contributed by atoms with Crippen LogP contribution in [0.1, 0.15) is 12.5 Å². The number of halogens is 2. The van der Waals surface area contributed by atoms with Gasteiger partial charge in [0.05, 0.1) is 13.2 Å². The van der Waals surface area contributed by atoms with Gasteiger partial charge in [0, 0.05) is 18.1 Å². The molecule has 0 aliphatic heterocycles. The van der Waals surface area contributed by atoms with E-state index in [4.69, 9.17) is 16.3 Å². The summed E-state index contributed by atoms with van der Waals surface area (Å²) in [5, 5.41) is 3.71. The minimum absolute atomic E-state index is 0.273. The summed E-state index contributed by atoms with van der Waals surface area (Å²) in [4.78, 5) is 0. The Morgan fingerprint density at radius 1 is 1.53 bits per heavy atom. The average Bonchev–Trinajstić information content (AvgIpc) is 2.27. The van der Waals surface area contributed by atoms with Crippen LogP contribution in [0.5, 0.6) is 0 Å². The van der Waals surface area contributed by atoms with Crippen LogP contribution < -0.4 is 5.32 Å². The fraction of sp³-hybridized carbons (Fsp3) is 0.385. The SMILES string of the molecule is C=C(C)COCCNCc1cc(F)ccc1Cl. The van der Waals surface area contributed by atoms with Crippen molar-refractivity contribution in [3.8, 4) is 0 Å². The van der Waals surface area contributed by atoms with Gasteiger partial charge in [0.25, 0.3) is 0 Å². The molecule has 1 rings (SSSR count). The van der Waals surface area contributed by atoms with E-state index in [2.05, 4.69) is 11.9 Å². The molecule has 0 radical (unpaired) electrons. The highest BCUT2D eigenvalue weighted by Crippen LogP contribution is 2.16. The molecule has 1 N–H and O–H groups in total. The number of hydrogen-bond acceptors (Lipinski definition) is 2. The second-order valence-corrected chi connectivity index (χ2v) is 4.33. The second-order valence-electron chi connectivity index (χ2n) is 3.92. The van der Waals surface area contributed by atoms with Gasteiger partial charge < -0.3 is 10.1 Å². The lowest BCUT2D eigenvalue weighted by molar-refractivity contribution is 0.158. The van der Waals surface area contributed by atoms with Crippen molar-refractivity contribution >= 4 is 11.6 Å². The van der Waals surface area contributed by atoms with Crippen LogP contribution in [0.2, 0.25) is 5.02 Å². The summed E-state index contributed by atoms with van der Waals surface area (Å²) >= 11 is 5.93. The lowest BCUT2D eigenvalue weighted by Crippen LogP contribution is -2.19. The molecule has 2 nitrogen and oxygen atoms in total. The molecule has 0 aromatic heterocycles. The van der Waals surface area contributed by atoms with Crippen molar-refractivity contribution in [2.24, 2.45) is 0 Å². The van der Waals surface area contributed by atoms with Crippen LogP contribution in [0.4, 0.5) is 4.39 Å². The molecule has 0 aliphatic rings. The molecule has 0 saturated heterocycles. The summed E-state index contributed by atoms with van der Waals surface area (Å²) in [6, 6.07) is 4.34. The summed E-state index contributed by atoms with van der Waals surface area (Å²) in [7, 11) is 0. The Morgan fingerprint density at radius 3 is 3.00 bits per heavy atom. The van der Waals surface area contributed by atoms with E-state index >= 15 is 0 Å². The van der Waals surface area contributed by atoms with E-state index in [1.54, 1.807) is 6.07 Å². The summed E-state index contributed by atoms with van der Waals surface area (Å²) in [5.41, 5.74) is 1.75. The molecule has 0 bridgehead atoms. The van der Waals surface area contributed by atoms with Crippen molar-refractivity contribution in [3.05, 3.63) is 46.8 Å². The number of ether oxygens (including phenoxy) is 1. The minimum Gasteiger partial charge on any atom is -0.376 e. The zero-order valence-corrected chi connectivity index (χ0v) is 10.7. The number of rotatable bonds is 7. The van der Waals surface area contributed by atoms with Gasteiger partial charge in [-0.1, -0.05) is 23.8 Å². The molecule has 0 fully saturated rings. The van der Waals surface area contributed by atoms with Crippen LogP contribution in [0.25, 0.3) is 0 Å². The zero-order valence-electron chi connectivity index (χ0n) is 9.93. The molecular weight excluding hydrogens is 241 g/mol. The van der Waals surface area contributed by atoms with Crippen LogP contribution in [-0.2, 0) is 11.3 Å². The monoisotopic (exact) mass is 257 g/mol. The molecule has 0 saturated carbocycles. The van der Waals surface area contributed by atoms with E-state index in [1.165, 1.54) is 12.1 Å². The van der Waals surface area contributed by atoms with Gasteiger partial charge >= 0.3 is 0 Å². The van der Waals surface area contributed by atoms with Crippen molar-refractivity contribution in [3.63, 3.8) is 0 Å². The van der Waals surface area contributed by atoms with Crippen molar-refractivity contribution in [2.75, 3.05) is 19.8 Å². The van der Waals surface area contributed by atoms with Gasteiger partial charge in [0.15, 0.2) is 0 Å². The highest BCUT2D eigenvalue weighted by molar-refractivity contribution is 6.31. The van der Waals surface area contributed by atoms with Gasteiger partial charge in [-0.15, -0.1) is 0 Å². The first-order chi connectivity index (χ1) is 8.09. The van der Waals surface area contributed by atoms with E-state index in [0.29, 0.717) is 31.3 Å². The van der Waals surface area contributed by atoms with Crippen molar-refractivity contribution < 1.29 is 9.13 Å². The zero-order chi connectivity index (χ0) is 12.7. The largest absolute Gasteiger partial charge is 0.376 e. The molecule has 94 valence electrons. The predicted molar refractivity (Wildman–Crippen MR) is 68.7 cm³/mol. The summed E-state index contributed by atoms with van der Waals surface area (Å²) in [6.45, 7) is 8.05. The molecule has 0 heterocycles. The molecule has 17 heavy (non-hydrogen) atoms. The van der Waals surface area contributed by atoms with Crippen molar-refractivity contribution in [1.29, 1.82) is 0 Å². The molecule has 1 aromatic rings. The summed E-state index contributed by atoms with van der Waals surface area (Å²) < 4.78 is 18.3. The molecule has 0 amide bonds. The highest BCUT2D eigenvalue weighted by Gasteiger charge is 2.01. The van der Waals surface area contributed by atoms with Crippen LogP contribution in [0, 0.1) is 5.82 Å². The first kappa shape index (κ1) is 14.2. The second kappa shape index (κ2) is 7.43. The minimum atomic E-state index is -0.273. The third-order valence-corrected chi connectivity index (χ3v) is 2.46. The Hall–Kier alpha value is -0.900. The van der Waals surface area contributed by atoms with Gasteiger partial charge in [-0.25, -0.2) is 4.39 Å². The Labute approximate surface area is 106 Å². The smallest absolute Gasteiger partial charge is 0.123 e.